The van der Waals surface area contributed by atoms with Crippen molar-refractivity contribution in [1.29, 1.82) is 0 Å². The van der Waals surface area contributed by atoms with E-state index in [-0.39, 0.29) is 11.3 Å². The number of ether oxygens (including phenoxy) is 1. The zero-order valence-corrected chi connectivity index (χ0v) is 12.6. The summed E-state index contributed by atoms with van der Waals surface area (Å²) in [6, 6.07) is 5.41. The number of hydrogen-bond acceptors (Lipinski definition) is 5. The Morgan fingerprint density at radius 3 is 2.80 bits per heavy atom. The van der Waals surface area contributed by atoms with E-state index in [0.29, 0.717) is 24.2 Å². The minimum atomic E-state index is -0.296. The lowest BCUT2D eigenvalue weighted by Crippen LogP contribution is -2.49. The van der Waals surface area contributed by atoms with Crippen LogP contribution in [0.15, 0.2) is 23.2 Å². The van der Waals surface area contributed by atoms with Crippen LogP contribution >= 0.6 is 0 Å². The lowest BCUT2D eigenvalue weighted by atomic mass is 9.90. The van der Waals surface area contributed by atoms with Crippen LogP contribution in [0.2, 0.25) is 0 Å². The number of aromatic hydroxyl groups is 1. The Kier molecular flexibility index (Phi) is 3.79. The number of benzene rings is 1. The number of phenols is 1. The Morgan fingerprint density at radius 2 is 2.20 bits per heavy atom. The third-order valence-corrected chi connectivity index (χ3v) is 3.77. The van der Waals surface area contributed by atoms with Crippen LogP contribution in [0.1, 0.15) is 26.3 Å². The molecule has 2 rings (SSSR count). The maximum absolute atomic E-state index is 9.73. The summed E-state index contributed by atoms with van der Waals surface area (Å²) in [5.74, 6) is 1.68. The Bertz CT molecular complexity index is 528. The SMILES string of the molecule is COc1cc(C2(C)CN=C(N)N2CC(C)C)ccc1O. The van der Waals surface area contributed by atoms with Crippen LogP contribution in [0, 0.1) is 5.92 Å². The molecule has 1 aliphatic heterocycles. The van der Waals surface area contributed by atoms with Crippen LogP contribution in [-0.2, 0) is 5.54 Å². The summed E-state index contributed by atoms with van der Waals surface area (Å²) in [5.41, 5.74) is 6.78. The van der Waals surface area contributed by atoms with E-state index in [1.807, 2.05) is 12.1 Å². The van der Waals surface area contributed by atoms with Gasteiger partial charge in [0.25, 0.3) is 0 Å². The van der Waals surface area contributed by atoms with Gasteiger partial charge in [-0.05, 0) is 30.5 Å². The number of hydrogen-bond donors (Lipinski definition) is 2. The lowest BCUT2D eigenvalue weighted by molar-refractivity contribution is 0.203. The average molecular weight is 277 g/mol. The largest absolute Gasteiger partial charge is 0.504 e. The molecule has 0 fully saturated rings. The van der Waals surface area contributed by atoms with Gasteiger partial charge in [-0.3, -0.25) is 4.99 Å². The van der Waals surface area contributed by atoms with Crippen LogP contribution < -0.4 is 10.5 Å². The molecule has 0 spiro atoms. The molecule has 1 aromatic rings. The maximum atomic E-state index is 9.73. The molecule has 110 valence electrons. The first kappa shape index (κ1) is 14.5. The molecule has 5 nitrogen and oxygen atoms in total. The van der Waals surface area contributed by atoms with Crippen LogP contribution in [0.25, 0.3) is 0 Å². The third-order valence-electron chi connectivity index (χ3n) is 3.77. The molecular formula is C15H23N3O2. The summed E-state index contributed by atoms with van der Waals surface area (Å²) in [7, 11) is 1.55. The van der Waals surface area contributed by atoms with E-state index in [9.17, 15) is 5.11 Å². The van der Waals surface area contributed by atoms with Gasteiger partial charge in [-0.1, -0.05) is 19.9 Å². The zero-order valence-electron chi connectivity index (χ0n) is 12.6. The van der Waals surface area contributed by atoms with Crippen molar-refractivity contribution in [1.82, 2.24) is 4.90 Å². The molecule has 0 saturated heterocycles. The maximum Gasteiger partial charge on any atom is 0.192 e. The van der Waals surface area contributed by atoms with E-state index in [0.717, 1.165) is 12.1 Å². The van der Waals surface area contributed by atoms with Crippen molar-refractivity contribution in [3.05, 3.63) is 23.8 Å². The molecule has 1 unspecified atom stereocenters. The summed E-state index contributed by atoms with van der Waals surface area (Å²) < 4.78 is 5.20. The number of rotatable bonds is 4. The fraction of sp³-hybridized carbons (Fsp3) is 0.533. The second kappa shape index (κ2) is 5.23. The van der Waals surface area contributed by atoms with Crippen molar-refractivity contribution in [3.8, 4) is 11.5 Å². The number of guanidine groups is 1. The summed E-state index contributed by atoms with van der Waals surface area (Å²) in [5, 5.41) is 9.73. The van der Waals surface area contributed by atoms with Crippen molar-refractivity contribution in [3.63, 3.8) is 0 Å². The predicted molar refractivity (Wildman–Crippen MR) is 80.0 cm³/mol. The summed E-state index contributed by atoms with van der Waals surface area (Å²) >= 11 is 0. The summed E-state index contributed by atoms with van der Waals surface area (Å²) in [6.45, 7) is 7.88. The zero-order chi connectivity index (χ0) is 14.9. The van der Waals surface area contributed by atoms with Gasteiger partial charge in [0.2, 0.25) is 0 Å². The topological polar surface area (TPSA) is 71.1 Å². The van der Waals surface area contributed by atoms with Gasteiger partial charge in [-0.25, -0.2) is 0 Å². The van der Waals surface area contributed by atoms with Crippen molar-refractivity contribution in [2.45, 2.75) is 26.3 Å². The van der Waals surface area contributed by atoms with Gasteiger partial charge in [0.05, 0.1) is 19.2 Å². The van der Waals surface area contributed by atoms with Crippen LogP contribution in [-0.4, -0.2) is 36.2 Å². The molecule has 1 aromatic carbocycles. The minimum Gasteiger partial charge on any atom is -0.504 e. The minimum absolute atomic E-state index is 0.141. The Labute approximate surface area is 120 Å². The monoisotopic (exact) mass is 277 g/mol. The van der Waals surface area contributed by atoms with Gasteiger partial charge in [0.15, 0.2) is 17.5 Å². The van der Waals surface area contributed by atoms with Gasteiger partial charge >= 0.3 is 0 Å². The van der Waals surface area contributed by atoms with Crippen LogP contribution in [0.4, 0.5) is 0 Å². The molecule has 1 heterocycles. The normalized spacial score (nSPS) is 22.2. The molecule has 0 aliphatic carbocycles. The number of phenolic OH excluding ortho intramolecular Hbond substituents is 1. The Balaban J connectivity index is 2.39. The van der Waals surface area contributed by atoms with Gasteiger partial charge in [-0.2, -0.15) is 0 Å². The van der Waals surface area contributed by atoms with Gasteiger partial charge in [0.1, 0.15) is 0 Å². The van der Waals surface area contributed by atoms with Gasteiger partial charge < -0.3 is 20.5 Å². The van der Waals surface area contributed by atoms with Gasteiger partial charge in [-0.15, -0.1) is 0 Å². The predicted octanol–water partition coefficient (Wildman–Crippen LogP) is 1.90. The molecule has 1 aliphatic rings. The summed E-state index contributed by atoms with van der Waals surface area (Å²) in [4.78, 5) is 6.52. The summed E-state index contributed by atoms with van der Waals surface area (Å²) in [6.07, 6.45) is 0. The van der Waals surface area contributed by atoms with Crippen LogP contribution in [0.5, 0.6) is 11.5 Å². The van der Waals surface area contributed by atoms with E-state index in [1.165, 1.54) is 0 Å². The Morgan fingerprint density at radius 1 is 1.50 bits per heavy atom. The second-order valence-corrected chi connectivity index (χ2v) is 5.84. The molecule has 0 aromatic heterocycles. The molecule has 0 amide bonds. The molecule has 3 N–H and O–H groups in total. The van der Waals surface area contributed by atoms with E-state index >= 15 is 0 Å². The number of methoxy groups -OCH3 is 1. The fourth-order valence-corrected chi connectivity index (χ4v) is 2.58. The van der Waals surface area contributed by atoms with Crippen molar-refractivity contribution >= 4 is 5.96 Å². The van der Waals surface area contributed by atoms with Crippen molar-refractivity contribution in [2.24, 2.45) is 16.6 Å². The first-order valence-electron chi connectivity index (χ1n) is 6.83. The van der Waals surface area contributed by atoms with E-state index in [1.54, 1.807) is 13.2 Å². The first-order chi connectivity index (χ1) is 9.38. The molecule has 5 heteroatoms. The van der Waals surface area contributed by atoms with E-state index in [4.69, 9.17) is 10.5 Å². The lowest BCUT2D eigenvalue weighted by Gasteiger charge is -2.38. The fourth-order valence-electron chi connectivity index (χ4n) is 2.58. The van der Waals surface area contributed by atoms with E-state index < -0.39 is 0 Å². The van der Waals surface area contributed by atoms with Crippen molar-refractivity contribution in [2.75, 3.05) is 20.2 Å². The molecule has 0 radical (unpaired) electrons. The second-order valence-electron chi connectivity index (χ2n) is 5.84. The standard InChI is InChI=1S/C15H23N3O2/c1-10(2)8-18-14(16)17-9-15(18,3)11-5-6-12(19)13(7-11)20-4/h5-7,10,19H,8-9H2,1-4H3,(H2,16,17). The smallest absolute Gasteiger partial charge is 0.192 e. The number of nitrogens with two attached hydrogens (primary N) is 1. The van der Waals surface area contributed by atoms with Crippen LogP contribution in [0.3, 0.4) is 0 Å². The quantitative estimate of drug-likeness (QED) is 0.882. The molecule has 20 heavy (non-hydrogen) atoms. The number of nitrogens with zero attached hydrogens (tertiary/aromatic N) is 2. The highest BCUT2D eigenvalue weighted by Crippen LogP contribution is 2.37. The third kappa shape index (κ3) is 2.40. The molecule has 0 saturated carbocycles. The highest BCUT2D eigenvalue weighted by atomic mass is 16.5. The molecule has 1 atom stereocenters. The van der Waals surface area contributed by atoms with Crippen molar-refractivity contribution < 1.29 is 9.84 Å². The highest BCUT2D eigenvalue weighted by molar-refractivity contribution is 5.81. The first-order valence-corrected chi connectivity index (χ1v) is 6.83. The number of aliphatic imine (C=N–C) groups is 1. The van der Waals surface area contributed by atoms with Gasteiger partial charge in [0, 0.05) is 6.54 Å². The average Bonchev–Trinajstić information content (AvgIpc) is 2.68. The molecular weight excluding hydrogens is 254 g/mol. The van der Waals surface area contributed by atoms with E-state index in [2.05, 4.69) is 30.7 Å². The molecule has 0 bridgehead atoms. The Hall–Kier alpha value is -1.91. The highest BCUT2D eigenvalue weighted by Gasteiger charge is 2.40.